The van der Waals surface area contributed by atoms with Crippen LogP contribution in [0.15, 0.2) is 41.1 Å². The maximum absolute atomic E-state index is 12.6. The van der Waals surface area contributed by atoms with Gasteiger partial charge in [0.05, 0.1) is 12.2 Å². The average molecular weight is 378 g/mol. The molecule has 2 aromatic rings. The summed E-state index contributed by atoms with van der Waals surface area (Å²) in [4.78, 5) is 29.0. The minimum absolute atomic E-state index is 0.167. The van der Waals surface area contributed by atoms with E-state index in [4.69, 9.17) is 4.74 Å². The summed E-state index contributed by atoms with van der Waals surface area (Å²) >= 11 is 0. The summed E-state index contributed by atoms with van der Waals surface area (Å²) in [7, 11) is 1.65. The fourth-order valence-corrected chi connectivity index (χ4v) is 3.33. The molecule has 0 aliphatic heterocycles. The first-order valence-corrected chi connectivity index (χ1v) is 9.02. The zero-order valence-corrected chi connectivity index (χ0v) is 16.4. The van der Waals surface area contributed by atoms with Gasteiger partial charge in [-0.2, -0.15) is 0 Å². The van der Waals surface area contributed by atoms with Crippen LogP contribution in [0.5, 0.6) is 0 Å². The monoisotopic (exact) mass is 378 g/mol. The molecule has 0 saturated carbocycles. The summed E-state index contributed by atoms with van der Waals surface area (Å²) in [5, 5.41) is 10.8. The molecule has 1 atom stereocenters. The molecule has 6 nitrogen and oxygen atoms in total. The largest absolute Gasteiger partial charge is 0.462 e. The molecule has 0 bridgehead atoms. The molecule has 1 N–H and O–H groups in total. The normalized spacial score (nSPS) is 14.8. The van der Waals surface area contributed by atoms with Crippen LogP contribution >= 0.6 is 0 Å². The Kier molecular flexibility index (Phi) is 5.21. The molecule has 1 aliphatic carbocycles. The van der Waals surface area contributed by atoms with Crippen molar-refractivity contribution < 1.29 is 14.6 Å². The van der Waals surface area contributed by atoms with Crippen LogP contribution in [0.4, 0.5) is 0 Å². The van der Waals surface area contributed by atoms with Gasteiger partial charge in [-0.05, 0) is 38.5 Å². The second-order valence-corrected chi connectivity index (χ2v) is 6.92. The van der Waals surface area contributed by atoms with Gasteiger partial charge in [0.15, 0.2) is 0 Å². The Morgan fingerprint density at radius 3 is 2.71 bits per heavy atom. The summed E-state index contributed by atoms with van der Waals surface area (Å²) in [6.45, 7) is 5.38. The standard InChI is InChI=1S/C22H22N2O4/c1-5-28-21(26)18-14(2)12-17-19(18)15(13-24(4)20(17)25)6-9-22(3,27)16-7-10-23-11-8-16/h7-8,10-11,13,27H,5,12H2,1-4H3. The highest BCUT2D eigenvalue weighted by atomic mass is 16.5. The summed E-state index contributed by atoms with van der Waals surface area (Å²) in [5.41, 5.74) is 1.74. The molecule has 28 heavy (non-hydrogen) atoms. The van der Waals surface area contributed by atoms with Gasteiger partial charge >= 0.3 is 5.97 Å². The van der Waals surface area contributed by atoms with Crippen molar-refractivity contribution in [1.82, 2.24) is 9.55 Å². The van der Waals surface area contributed by atoms with Gasteiger partial charge < -0.3 is 14.4 Å². The number of carbonyl (C=O) groups excluding carboxylic acids is 1. The molecule has 144 valence electrons. The van der Waals surface area contributed by atoms with Gasteiger partial charge in [-0.3, -0.25) is 9.78 Å². The molecular weight excluding hydrogens is 356 g/mol. The number of aromatic nitrogens is 2. The van der Waals surface area contributed by atoms with E-state index in [-0.39, 0.29) is 12.2 Å². The first kappa shape index (κ1) is 19.6. The molecule has 0 aromatic carbocycles. The van der Waals surface area contributed by atoms with E-state index in [2.05, 4.69) is 16.8 Å². The molecule has 6 heteroatoms. The molecular formula is C22H22N2O4. The fraction of sp³-hybridized carbons (Fsp3) is 0.318. The van der Waals surface area contributed by atoms with Crippen LogP contribution in [-0.4, -0.2) is 27.2 Å². The minimum atomic E-state index is -1.41. The number of nitrogens with zero attached hydrogens (tertiary/aromatic N) is 2. The number of hydrogen-bond donors (Lipinski definition) is 1. The van der Waals surface area contributed by atoms with Crippen molar-refractivity contribution in [3.05, 3.63) is 68.9 Å². The molecule has 2 aromatic heterocycles. The summed E-state index contributed by atoms with van der Waals surface area (Å²) < 4.78 is 6.63. The minimum Gasteiger partial charge on any atom is -0.462 e. The summed E-state index contributed by atoms with van der Waals surface area (Å²) in [6.07, 6.45) is 5.14. The van der Waals surface area contributed by atoms with Crippen molar-refractivity contribution in [2.45, 2.75) is 32.8 Å². The second-order valence-electron chi connectivity index (χ2n) is 6.92. The van der Waals surface area contributed by atoms with Crippen LogP contribution in [0.1, 0.15) is 43.0 Å². The summed E-state index contributed by atoms with van der Waals surface area (Å²) in [5.74, 6) is 5.38. The SMILES string of the molecule is CCOC(=O)C1=C(C)Cc2c1c(C#CC(C)(O)c1ccncc1)cn(C)c2=O. The van der Waals surface area contributed by atoms with Crippen LogP contribution in [0.3, 0.4) is 0 Å². The number of aryl methyl sites for hydroxylation is 1. The van der Waals surface area contributed by atoms with E-state index in [1.165, 1.54) is 4.57 Å². The molecule has 0 saturated heterocycles. The van der Waals surface area contributed by atoms with Gasteiger partial charge in [-0.15, -0.1) is 0 Å². The smallest absolute Gasteiger partial charge is 0.338 e. The van der Waals surface area contributed by atoms with Crippen LogP contribution in [0, 0.1) is 11.8 Å². The van der Waals surface area contributed by atoms with Crippen LogP contribution in [0.2, 0.25) is 0 Å². The molecule has 0 spiro atoms. The zero-order valence-electron chi connectivity index (χ0n) is 16.4. The Bertz CT molecular complexity index is 1080. The Labute approximate surface area is 163 Å². The van der Waals surface area contributed by atoms with Gasteiger partial charge in [-0.1, -0.05) is 17.4 Å². The van der Waals surface area contributed by atoms with Gasteiger partial charge in [0.2, 0.25) is 0 Å². The van der Waals surface area contributed by atoms with Crippen molar-refractivity contribution in [3.8, 4) is 11.8 Å². The molecule has 3 rings (SSSR count). The quantitative estimate of drug-likeness (QED) is 0.652. The lowest BCUT2D eigenvalue weighted by molar-refractivity contribution is -0.136. The van der Waals surface area contributed by atoms with Crippen molar-refractivity contribution in [3.63, 3.8) is 0 Å². The van der Waals surface area contributed by atoms with Gasteiger partial charge in [-0.25, -0.2) is 4.79 Å². The number of pyridine rings is 2. The van der Waals surface area contributed by atoms with Crippen LogP contribution in [0.25, 0.3) is 5.57 Å². The molecule has 0 amide bonds. The first-order chi connectivity index (χ1) is 13.3. The molecule has 0 radical (unpaired) electrons. The van der Waals surface area contributed by atoms with E-state index in [9.17, 15) is 14.7 Å². The fourth-order valence-electron chi connectivity index (χ4n) is 3.33. The Morgan fingerprint density at radius 2 is 2.07 bits per heavy atom. The number of rotatable bonds is 3. The van der Waals surface area contributed by atoms with Crippen molar-refractivity contribution in [2.75, 3.05) is 6.61 Å². The third-order valence-corrected chi connectivity index (χ3v) is 4.75. The van der Waals surface area contributed by atoms with Crippen molar-refractivity contribution in [2.24, 2.45) is 7.05 Å². The highest BCUT2D eigenvalue weighted by Gasteiger charge is 2.31. The predicted octanol–water partition coefficient (Wildman–Crippen LogP) is 1.93. The van der Waals surface area contributed by atoms with Gasteiger partial charge in [0, 0.05) is 48.7 Å². The zero-order chi connectivity index (χ0) is 20.5. The number of ether oxygens (including phenoxy) is 1. The lowest BCUT2D eigenvalue weighted by atomic mass is 9.96. The van der Waals surface area contributed by atoms with Gasteiger partial charge in [0.25, 0.3) is 5.56 Å². The third-order valence-electron chi connectivity index (χ3n) is 4.75. The highest BCUT2D eigenvalue weighted by molar-refractivity contribution is 6.19. The highest BCUT2D eigenvalue weighted by Crippen LogP contribution is 2.34. The first-order valence-electron chi connectivity index (χ1n) is 9.02. The predicted molar refractivity (Wildman–Crippen MR) is 105 cm³/mol. The van der Waals surface area contributed by atoms with E-state index in [1.807, 2.05) is 6.92 Å². The molecule has 0 fully saturated rings. The number of fused-ring (bicyclic) bond motifs is 1. The molecule has 2 heterocycles. The van der Waals surface area contributed by atoms with Crippen molar-refractivity contribution in [1.29, 1.82) is 0 Å². The second kappa shape index (κ2) is 7.45. The number of esters is 1. The summed E-state index contributed by atoms with van der Waals surface area (Å²) in [6, 6.07) is 3.38. The van der Waals surface area contributed by atoms with Crippen LogP contribution < -0.4 is 5.56 Å². The Hall–Kier alpha value is -3.17. The van der Waals surface area contributed by atoms with E-state index >= 15 is 0 Å². The lowest BCUT2D eigenvalue weighted by Crippen LogP contribution is -2.23. The van der Waals surface area contributed by atoms with Crippen LogP contribution in [-0.2, 0) is 28.6 Å². The van der Waals surface area contributed by atoms with E-state index in [1.54, 1.807) is 51.6 Å². The molecule has 1 unspecified atom stereocenters. The number of allylic oxidation sites excluding steroid dienone is 1. The molecule has 1 aliphatic rings. The van der Waals surface area contributed by atoms with Crippen molar-refractivity contribution >= 4 is 11.5 Å². The Morgan fingerprint density at radius 1 is 1.39 bits per heavy atom. The van der Waals surface area contributed by atoms with Gasteiger partial charge in [0.1, 0.15) is 5.60 Å². The lowest BCUT2D eigenvalue weighted by Gasteiger charge is -2.16. The Balaban J connectivity index is 2.15. The van der Waals surface area contributed by atoms with E-state index < -0.39 is 11.6 Å². The average Bonchev–Trinajstić information content (AvgIpc) is 3.02. The third kappa shape index (κ3) is 3.49. The van der Waals surface area contributed by atoms with E-state index in [0.717, 1.165) is 5.57 Å². The maximum atomic E-state index is 12.6. The maximum Gasteiger partial charge on any atom is 0.338 e. The van der Waals surface area contributed by atoms with E-state index in [0.29, 0.717) is 34.2 Å². The number of carbonyl (C=O) groups is 1. The number of hydrogen-bond acceptors (Lipinski definition) is 5. The number of aliphatic hydroxyl groups is 1. The topological polar surface area (TPSA) is 81.4 Å².